The average molecular weight is 363 g/mol. The van der Waals surface area contributed by atoms with E-state index in [4.69, 9.17) is 9.97 Å². The molecule has 0 fully saturated rings. The second-order valence-corrected chi connectivity index (χ2v) is 7.22. The van der Waals surface area contributed by atoms with Crippen molar-refractivity contribution in [2.45, 2.75) is 52.6 Å². The Morgan fingerprint density at radius 2 is 1.89 bits per heavy atom. The van der Waals surface area contributed by atoms with Gasteiger partial charge in [0.25, 0.3) is 0 Å². The summed E-state index contributed by atoms with van der Waals surface area (Å²) in [6.45, 7) is 10.4. The second kappa shape index (κ2) is 7.06. The minimum Gasteiger partial charge on any atom is -0.345 e. The standard InChI is InChI=1S/C20H25N7/c1-5-16-12-17(23-18(22-16)15-6-8-21-9-7-15)26-10-11-27-19(13(2)3)24-25-20(27)14(26)4/h6-9,12-14H,5,10-11H2,1-4H3. The molecule has 27 heavy (non-hydrogen) atoms. The van der Waals surface area contributed by atoms with Crippen LogP contribution in [0.25, 0.3) is 11.4 Å². The zero-order valence-corrected chi connectivity index (χ0v) is 16.3. The lowest BCUT2D eigenvalue weighted by atomic mass is 10.1. The highest BCUT2D eigenvalue weighted by molar-refractivity contribution is 5.57. The van der Waals surface area contributed by atoms with E-state index in [0.29, 0.717) is 5.92 Å². The fraction of sp³-hybridized carbons (Fsp3) is 0.450. The fourth-order valence-electron chi connectivity index (χ4n) is 3.59. The molecule has 3 aromatic rings. The number of aryl methyl sites for hydroxylation is 1. The topological polar surface area (TPSA) is 72.6 Å². The Kier molecular flexibility index (Phi) is 4.59. The molecule has 0 bridgehead atoms. The van der Waals surface area contributed by atoms with E-state index in [1.807, 2.05) is 12.1 Å². The van der Waals surface area contributed by atoms with E-state index in [9.17, 15) is 0 Å². The first-order chi connectivity index (χ1) is 13.1. The Balaban J connectivity index is 1.73. The molecule has 1 atom stereocenters. The van der Waals surface area contributed by atoms with Gasteiger partial charge >= 0.3 is 0 Å². The van der Waals surface area contributed by atoms with E-state index in [1.54, 1.807) is 12.4 Å². The number of pyridine rings is 1. The van der Waals surface area contributed by atoms with Crippen LogP contribution < -0.4 is 4.90 Å². The first-order valence-electron chi connectivity index (χ1n) is 9.56. The molecule has 0 N–H and O–H groups in total. The number of fused-ring (bicyclic) bond motifs is 1. The summed E-state index contributed by atoms with van der Waals surface area (Å²) in [5.41, 5.74) is 2.02. The van der Waals surface area contributed by atoms with E-state index < -0.39 is 0 Å². The fourth-order valence-corrected chi connectivity index (χ4v) is 3.59. The van der Waals surface area contributed by atoms with Gasteiger partial charge in [-0.15, -0.1) is 10.2 Å². The highest BCUT2D eigenvalue weighted by Gasteiger charge is 2.30. The summed E-state index contributed by atoms with van der Waals surface area (Å²) >= 11 is 0. The monoisotopic (exact) mass is 363 g/mol. The summed E-state index contributed by atoms with van der Waals surface area (Å²) in [5, 5.41) is 8.90. The molecule has 0 radical (unpaired) electrons. The van der Waals surface area contributed by atoms with E-state index in [-0.39, 0.29) is 6.04 Å². The van der Waals surface area contributed by atoms with Gasteiger partial charge in [-0.2, -0.15) is 0 Å². The van der Waals surface area contributed by atoms with Crippen molar-refractivity contribution in [3.05, 3.63) is 47.9 Å². The van der Waals surface area contributed by atoms with Gasteiger partial charge in [0, 0.05) is 48.7 Å². The summed E-state index contributed by atoms with van der Waals surface area (Å²) in [7, 11) is 0. The van der Waals surface area contributed by atoms with Crippen molar-refractivity contribution in [2.75, 3.05) is 11.4 Å². The Labute approximate surface area is 159 Å². The lowest BCUT2D eigenvalue weighted by Gasteiger charge is -2.35. The predicted molar refractivity (Wildman–Crippen MR) is 105 cm³/mol. The van der Waals surface area contributed by atoms with Crippen LogP contribution in [0.4, 0.5) is 5.82 Å². The van der Waals surface area contributed by atoms with Gasteiger partial charge < -0.3 is 9.47 Å². The van der Waals surface area contributed by atoms with Crippen LogP contribution in [0, 0.1) is 0 Å². The van der Waals surface area contributed by atoms with Crippen molar-refractivity contribution in [1.82, 2.24) is 29.7 Å². The van der Waals surface area contributed by atoms with Gasteiger partial charge in [-0.3, -0.25) is 4.98 Å². The van der Waals surface area contributed by atoms with E-state index in [0.717, 1.165) is 54.1 Å². The zero-order valence-electron chi connectivity index (χ0n) is 16.3. The quantitative estimate of drug-likeness (QED) is 0.707. The summed E-state index contributed by atoms with van der Waals surface area (Å²) in [6, 6.07) is 6.10. The van der Waals surface area contributed by atoms with Crippen molar-refractivity contribution in [3.8, 4) is 11.4 Å². The molecule has 7 nitrogen and oxygen atoms in total. The van der Waals surface area contributed by atoms with Crippen LogP contribution in [0.15, 0.2) is 30.6 Å². The van der Waals surface area contributed by atoms with Crippen molar-refractivity contribution in [2.24, 2.45) is 0 Å². The summed E-state index contributed by atoms with van der Waals surface area (Å²) < 4.78 is 2.26. The van der Waals surface area contributed by atoms with E-state index in [1.165, 1.54) is 0 Å². The third kappa shape index (κ3) is 3.18. The largest absolute Gasteiger partial charge is 0.345 e. The Morgan fingerprint density at radius 3 is 2.59 bits per heavy atom. The third-order valence-electron chi connectivity index (χ3n) is 5.09. The molecule has 140 valence electrons. The van der Waals surface area contributed by atoms with Gasteiger partial charge in [0.2, 0.25) is 0 Å². The molecule has 0 aliphatic carbocycles. The van der Waals surface area contributed by atoms with Gasteiger partial charge in [-0.25, -0.2) is 9.97 Å². The van der Waals surface area contributed by atoms with Crippen LogP contribution >= 0.6 is 0 Å². The normalized spacial score (nSPS) is 16.6. The maximum absolute atomic E-state index is 4.87. The van der Waals surface area contributed by atoms with Crippen molar-refractivity contribution in [3.63, 3.8) is 0 Å². The van der Waals surface area contributed by atoms with Gasteiger partial charge in [0.15, 0.2) is 11.6 Å². The van der Waals surface area contributed by atoms with E-state index in [2.05, 4.69) is 58.4 Å². The Hall–Kier alpha value is -2.83. The average Bonchev–Trinajstić information content (AvgIpc) is 3.14. The molecule has 7 heteroatoms. The summed E-state index contributed by atoms with van der Waals surface area (Å²) in [6.07, 6.45) is 4.41. The molecule has 1 aliphatic heterocycles. The van der Waals surface area contributed by atoms with Gasteiger partial charge in [-0.1, -0.05) is 20.8 Å². The Morgan fingerprint density at radius 1 is 1.11 bits per heavy atom. The first kappa shape index (κ1) is 17.6. The van der Waals surface area contributed by atoms with Gasteiger partial charge in [0.05, 0.1) is 6.04 Å². The molecular formula is C20H25N7. The molecule has 3 aromatic heterocycles. The molecule has 1 aliphatic rings. The number of anilines is 1. The van der Waals surface area contributed by atoms with Crippen LogP contribution in [-0.4, -0.2) is 36.3 Å². The maximum atomic E-state index is 4.87. The van der Waals surface area contributed by atoms with Gasteiger partial charge in [0.1, 0.15) is 11.6 Å². The van der Waals surface area contributed by atoms with Crippen LogP contribution in [0.5, 0.6) is 0 Å². The minimum absolute atomic E-state index is 0.114. The van der Waals surface area contributed by atoms with Crippen LogP contribution in [-0.2, 0) is 13.0 Å². The van der Waals surface area contributed by atoms with Crippen LogP contribution in [0.3, 0.4) is 0 Å². The molecular weight excluding hydrogens is 338 g/mol. The SMILES string of the molecule is CCc1cc(N2CCn3c(C(C)C)nnc3C2C)nc(-c2ccncc2)n1. The minimum atomic E-state index is 0.114. The number of hydrogen-bond donors (Lipinski definition) is 0. The highest BCUT2D eigenvalue weighted by Crippen LogP contribution is 2.31. The van der Waals surface area contributed by atoms with E-state index >= 15 is 0 Å². The number of nitrogens with zero attached hydrogens (tertiary/aromatic N) is 7. The molecule has 4 heterocycles. The lowest BCUT2D eigenvalue weighted by Crippen LogP contribution is -2.38. The smallest absolute Gasteiger partial charge is 0.161 e. The zero-order chi connectivity index (χ0) is 19.0. The molecule has 0 saturated carbocycles. The number of hydrogen-bond acceptors (Lipinski definition) is 6. The molecule has 0 spiro atoms. The molecule has 4 rings (SSSR count). The van der Waals surface area contributed by atoms with Crippen molar-refractivity contribution in [1.29, 1.82) is 0 Å². The number of rotatable bonds is 4. The number of aromatic nitrogens is 6. The van der Waals surface area contributed by atoms with Crippen molar-refractivity contribution >= 4 is 5.82 Å². The Bertz CT molecular complexity index is 933. The lowest BCUT2D eigenvalue weighted by molar-refractivity contribution is 0.476. The van der Waals surface area contributed by atoms with Crippen LogP contribution in [0.1, 0.15) is 57.0 Å². The van der Waals surface area contributed by atoms with Gasteiger partial charge in [-0.05, 0) is 25.5 Å². The predicted octanol–water partition coefficient (Wildman–Crippen LogP) is 3.40. The summed E-state index contributed by atoms with van der Waals surface area (Å²) in [4.78, 5) is 16.0. The highest BCUT2D eigenvalue weighted by atomic mass is 15.4. The summed E-state index contributed by atoms with van der Waals surface area (Å²) in [5.74, 6) is 4.13. The maximum Gasteiger partial charge on any atom is 0.161 e. The second-order valence-electron chi connectivity index (χ2n) is 7.22. The van der Waals surface area contributed by atoms with Crippen molar-refractivity contribution < 1.29 is 0 Å². The molecule has 0 saturated heterocycles. The van der Waals surface area contributed by atoms with Crippen LogP contribution in [0.2, 0.25) is 0 Å². The first-order valence-corrected chi connectivity index (χ1v) is 9.56. The molecule has 0 aromatic carbocycles. The molecule has 1 unspecified atom stereocenters. The third-order valence-corrected chi connectivity index (χ3v) is 5.09. The molecule has 0 amide bonds.